The number of nitrogens with one attached hydrogen (secondary N) is 2. The molecule has 1 aromatic heterocycles. The maximum Gasteiger partial charge on any atom is 0.424 e. The molecule has 2 atom stereocenters. The van der Waals surface area contributed by atoms with Gasteiger partial charge < -0.3 is 35.1 Å². The first kappa shape index (κ1) is 38.3. The van der Waals surface area contributed by atoms with Gasteiger partial charge in [0.1, 0.15) is 18.0 Å². The minimum atomic E-state index is -5.39. The van der Waals surface area contributed by atoms with Gasteiger partial charge in [0, 0.05) is 11.1 Å². The molecule has 15 heteroatoms. The summed E-state index contributed by atoms with van der Waals surface area (Å²) in [4.78, 5) is 29.8. The molecule has 262 valence electrons. The summed E-state index contributed by atoms with van der Waals surface area (Å²) in [5.41, 5.74) is -7.07. The average molecular weight is 700 g/mol. The Morgan fingerprint density at radius 3 is 2.23 bits per heavy atom. The summed E-state index contributed by atoms with van der Waals surface area (Å²) < 4.78 is 74.3. The highest BCUT2D eigenvalue weighted by Crippen LogP contribution is 2.40. The predicted molar refractivity (Wildman–Crippen MR) is 169 cm³/mol. The Morgan fingerprint density at radius 1 is 1.00 bits per heavy atom. The molecule has 0 radical (unpaired) electrons. The minimum absolute atomic E-state index is 0.0559. The summed E-state index contributed by atoms with van der Waals surface area (Å²) >= 11 is 5.95. The zero-order valence-electron chi connectivity index (χ0n) is 27.4. The van der Waals surface area contributed by atoms with Crippen LogP contribution in [0.4, 0.5) is 22.4 Å². The third-order valence-electron chi connectivity index (χ3n) is 6.88. The van der Waals surface area contributed by atoms with Gasteiger partial charge in [0.2, 0.25) is 5.60 Å². The minimum Gasteiger partial charge on any atom is -0.493 e. The first-order chi connectivity index (χ1) is 22.1. The van der Waals surface area contributed by atoms with Crippen LogP contribution in [0.25, 0.3) is 11.3 Å². The smallest absolute Gasteiger partial charge is 0.424 e. The molecule has 4 N–H and O–H groups in total. The van der Waals surface area contributed by atoms with Gasteiger partial charge in [-0.05, 0) is 95.6 Å². The molecular formula is C33H38ClF4N3O7. The number of alkyl carbamates (subject to hydrolysis) is 1. The molecule has 2 aromatic carbocycles. The molecule has 3 rings (SSSR count). The summed E-state index contributed by atoms with van der Waals surface area (Å²) in [5.74, 6) is -1.52. The quantitative estimate of drug-likeness (QED) is 0.172. The number of aromatic nitrogens is 1. The number of carbonyl (C=O) groups is 2. The van der Waals surface area contributed by atoms with Crippen LogP contribution in [0.5, 0.6) is 11.5 Å². The Kier molecular flexibility index (Phi) is 11.6. The van der Waals surface area contributed by atoms with Crippen molar-refractivity contribution in [2.75, 3.05) is 20.3 Å². The maximum atomic E-state index is 14.8. The fourth-order valence-electron chi connectivity index (χ4n) is 4.32. The number of rotatable bonds is 11. The van der Waals surface area contributed by atoms with Crippen molar-refractivity contribution in [3.05, 3.63) is 76.2 Å². The van der Waals surface area contributed by atoms with Crippen LogP contribution in [0.1, 0.15) is 63.2 Å². The molecule has 2 unspecified atom stereocenters. The lowest BCUT2D eigenvalue weighted by Crippen LogP contribution is -2.52. The van der Waals surface area contributed by atoms with Crippen molar-refractivity contribution < 1.29 is 51.6 Å². The van der Waals surface area contributed by atoms with Gasteiger partial charge in [0.15, 0.2) is 11.5 Å². The molecule has 0 aliphatic rings. The van der Waals surface area contributed by atoms with E-state index in [4.69, 9.17) is 25.8 Å². The standard InChI is InChI=1S/C33H38ClF4N3O7/c1-18(42)16-47-25-11-9-20(13-26(25)46-7)28(43)39-17-32(45,33(36,37)38)27-15-21(31(5,6)41-29(44)48-30(2,3)4)14-24(40-27)19-8-10-23(35)22(34)12-19/h8-15,18,42,45H,16-17H2,1-7H3,(H,39,43)(H,41,44). The van der Waals surface area contributed by atoms with Gasteiger partial charge >= 0.3 is 12.3 Å². The fourth-order valence-corrected chi connectivity index (χ4v) is 4.50. The highest BCUT2D eigenvalue weighted by Gasteiger charge is 2.56. The largest absolute Gasteiger partial charge is 0.493 e. The van der Waals surface area contributed by atoms with Gasteiger partial charge in [-0.1, -0.05) is 11.6 Å². The normalized spacial score (nSPS) is 14.0. The lowest BCUT2D eigenvalue weighted by atomic mass is 9.88. The van der Waals surface area contributed by atoms with Gasteiger partial charge in [-0.15, -0.1) is 0 Å². The SMILES string of the molecule is COc1cc(C(=O)NCC(O)(c2cc(C(C)(C)NC(=O)OC(C)(C)C)cc(-c3ccc(F)c(Cl)c3)n2)C(F)(F)F)ccc1OCC(C)O. The van der Waals surface area contributed by atoms with E-state index in [2.05, 4.69) is 15.6 Å². The summed E-state index contributed by atoms with van der Waals surface area (Å²) in [6.45, 7) is 7.93. The molecule has 0 saturated heterocycles. The van der Waals surface area contributed by atoms with E-state index in [0.29, 0.717) is 0 Å². The van der Waals surface area contributed by atoms with Crippen LogP contribution >= 0.6 is 11.6 Å². The fraction of sp³-hybridized carbons (Fsp3) is 0.424. The van der Waals surface area contributed by atoms with Crippen LogP contribution in [0, 0.1) is 5.82 Å². The number of methoxy groups -OCH3 is 1. The van der Waals surface area contributed by atoms with Crippen LogP contribution in [0.15, 0.2) is 48.5 Å². The van der Waals surface area contributed by atoms with Crippen molar-refractivity contribution in [1.29, 1.82) is 0 Å². The predicted octanol–water partition coefficient (Wildman–Crippen LogP) is 6.25. The van der Waals surface area contributed by atoms with E-state index < -0.39 is 59.1 Å². The summed E-state index contributed by atoms with van der Waals surface area (Å²) in [6, 6.07) is 9.52. The van der Waals surface area contributed by atoms with E-state index in [1.807, 2.05) is 0 Å². The number of nitrogens with zero attached hydrogens (tertiary/aromatic N) is 1. The average Bonchev–Trinajstić information content (AvgIpc) is 2.97. The Balaban J connectivity index is 2.08. The number of alkyl halides is 3. The van der Waals surface area contributed by atoms with Crippen LogP contribution in [0.2, 0.25) is 5.02 Å². The summed E-state index contributed by atoms with van der Waals surface area (Å²) in [6.07, 6.45) is -7.06. The summed E-state index contributed by atoms with van der Waals surface area (Å²) in [5, 5.41) is 25.2. The molecule has 0 fully saturated rings. The molecule has 0 saturated carbocycles. The van der Waals surface area contributed by atoms with Gasteiger partial charge in [-0.3, -0.25) is 4.79 Å². The van der Waals surface area contributed by atoms with Crippen LogP contribution < -0.4 is 20.1 Å². The monoisotopic (exact) mass is 699 g/mol. The zero-order valence-corrected chi connectivity index (χ0v) is 28.1. The van der Waals surface area contributed by atoms with Crippen LogP contribution in [-0.4, -0.2) is 65.3 Å². The van der Waals surface area contributed by atoms with Crippen LogP contribution in [0.3, 0.4) is 0 Å². The lowest BCUT2D eigenvalue weighted by molar-refractivity contribution is -0.265. The van der Waals surface area contributed by atoms with E-state index in [9.17, 15) is 37.4 Å². The highest BCUT2D eigenvalue weighted by atomic mass is 35.5. The number of hydrogen-bond acceptors (Lipinski definition) is 8. The molecule has 10 nitrogen and oxygen atoms in total. The Hall–Kier alpha value is -4.14. The molecule has 0 aliphatic heterocycles. The molecule has 3 aromatic rings. The molecule has 2 amide bonds. The van der Waals surface area contributed by atoms with E-state index >= 15 is 0 Å². The van der Waals surface area contributed by atoms with Crippen molar-refractivity contribution in [1.82, 2.24) is 15.6 Å². The molecule has 0 bridgehead atoms. The Bertz CT molecular complexity index is 1640. The number of aliphatic hydroxyl groups excluding tert-OH is 1. The van der Waals surface area contributed by atoms with Gasteiger partial charge in [0.05, 0.1) is 41.7 Å². The van der Waals surface area contributed by atoms with Crippen molar-refractivity contribution in [2.45, 2.75) is 70.6 Å². The Labute approximate surface area is 280 Å². The molecule has 48 heavy (non-hydrogen) atoms. The first-order valence-corrected chi connectivity index (χ1v) is 15.0. The topological polar surface area (TPSA) is 139 Å². The number of halogens is 5. The first-order valence-electron chi connectivity index (χ1n) is 14.6. The second-order valence-corrected chi connectivity index (χ2v) is 13.0. The van der Waals surface area contributed by atoms with Gasteiger partial charge in [0.25, 0.3) is 5.91 Å². The highest BCUT2D eigenvalue weighted by molar-refractivity contribution is 6.31. The molecular weight excluding hydrogens is 662 g/mol. The number of pyridine rings is 1. The van der Waals surface area contributed by atoms with Crippen molar-refractivity contribution >= 4 is 23.6 Å². The number of benzene rings is 2. The maximum absolute atomic E-state index is 14.8. The molecule has 1 heterocycles. The van der Waals surface area contributed by atoms with Crippen LogP contribution in [-0.2, 0) is 15.9 Å². The number of aliphatic hydroxyl groups is 2. The van der Waals surface area contributed by atoms with Gasteiger partial charge in [-0.2, -0.15) is 13.2 Å². The van der Waals surface area contributed by atoms with Crippen molar-refractivity contribution in [2.24, 2.45) is 0 Å². The zero-order chi connectivity index (χ0) is 36.2. The van der Waals surface area contributed by atoms with E-state index in [1.54, 1.807) is 20.8 Å². The number of hydrogen-bond donors (Lipinski definition) is 4. The number of amides is 2. The molecule has 0 aliphatic carbocycles. The molecule has 0 spiro atoms. The second-order valence-electron chi connectivity index (χ2n) is 12.6. The second kappa shape index (κ2) is 14.5. The van der Waals surface area contributed by atoms with Gasteiger partial charge in [-0.25, -0.2) is 14.2 Å². The van der Waals surface area contributed by atoms with Crippen molar-refractivity contribution in [3.8, 4) is 22.8 Å². The summed E-state index contributed by atoms with van der Waals surface area (Å²) in [7, 11) is 1.29. The van der Waals surface area contributed by atoms with E-state index in [-0.39, 0.29) is 45.5 Å². The third-order valence-corrected chi connectivity index (χ3v) is 7.17. The third kappa shape index (κ3) is 9.48. The number of ether oxygens (including phenoxy) is 3. The van der Waals surface area contributed by atoms with E-state index in [0.717, 1.165) is 18.2 Å². The van der Waals surface area contributed by atoms with Crippen molar-refractivity contribution in [3.63, 3.8) is 0 Å². The van der Waals surface area contributed by atoms with E-state index in [1.165, 1.54) is 58.2 Å². The Morgan fingerprint density at radius 2 is 1.67 bits per heavy atom. The lowest BCUT2D eigenvalue weighted by Gasteiger charge is -2.33. The number of carbonyl (C=O) groups excluding carboxylic acids is 2.